The number of thioether (sulfide) groups is 1. The number of carbonyl (C=O) groups is 2. The lowest BCUT2D eigenvalue weighted by molar-refractivity contribution is 0.0692. The molecule has 0 radical (unpaired) electrons. The summed E-state index contributed by atoms with van der Waals surface area (Å²) in [6, 6.07) is 10.4. The molecule has 2 rings (SSSR count). The molecule has 0 atom stereocenters. The molecule has 0 saturated carbocycles. The van der Waals surface area contributed by atoms with Crippen molar-refractivity contribution in [2.24, 2.45) is 0 Å². The average Bonchev–Trinajstić information content (AvgIpc) is 2.47. The number of nitrogens with one attached hydrogen (secondary N) is 1. The van der Waals surface area contributed by atoms with E-state index in [1.165, 1.54) is 6.07 Å². The predicted octanol–water partition coefficient (Wildman–Crippen LogP) is 3.50. The van der Waals surface area contributed by atoms with Crippen LogP contribution in [0.5, 0.6) is 0 Å². The van der Waals surface area contributed by atoms with Crippen molar-refractivity contribution in [2.45, 2.75) is 4.90 Å². The van der Waals surface area contributed by atoms with E-state index in [0.717, 1.165) is 17.0 Å². The molecule has 0 spiro atoms. The number of carboxylic acids is 1. The molecular formula is C15H12FNO3S. The Bertz CT molecular complexity index is 686. The maximum absolute atomic E-state index is 13.5. The molecule has 2 N–H and O–H groups in total. The molecule has 0 saturated heterocycles. The summed E-state index contributed by atoms with van der Waals surface area (Å²) >= 11 is 1.56. The second-order valence-electron chi connectivity index (χ2n) is 4.18. The summed E-state index contributed by atoms with van der Waals surface area (Å²) in [6.45, 7) is 0. The summed E-state index contributed by atoms with van der Waals surface area (Å²) in [5.41, 5.74) is 0.212. The molecule has 1 amide bonds. The second-order valence-corrected chi connectivity index (χ2v) is 5.06. The van der Waals surface area contributed by atoms with E-state index in [1.54, 1.807) is 23.9 Å². The molecule has 0 fully saturated rings. The van der Waals surface area contributed by atoms with Crippen molar-refractivity contribution in [1.29, 1.82) is 0 Å². The lowest BCUT2D eigenvalue weighted by Crippen LogP contribution is -2.12. The Balaban J connectivity index is 2.15. The van der Waals surface area contributed by atoms with Crippen LogP contribution in [-0.2, 0) is 0 Å². The normalized spacial score (nSPS) is 10.2. The Labute approximate surface area is 125 Å². The molecular weight excluding hydrogens is 293 g/mol. The van der Waals surface area contributed by atoms with Crippen molar-refractivity contribution in [3.05, 3.63) is 59.4 Å². The predicted molar refractivity (Wildman–Crippen MR) is 79.5 cm³/mol. The molecule has 0 heterocycles. The van der Waals surface area contributed by atoms with Crippen molar-refractivity contribution in [3.8, 4) is 0 Å². The van der Waals surface area contributed by atoms with Crippen LogP contribution < -0.4 is 5.32 Å². The molecule has 0 aromatic heterocycles. The third kappa shape index (κ3) is 3.61. The van der Waals surface area contributed by atoms with E-state index in [4.69, 9.17) is 5.11 Å². The fourth-order valence-corrected chi connectivity index (χ4v) is 2.12. The Morgan fingerprint density at radius 1 is 1.14 bits per heavy atom. The van der Waals surface area contributed by atoms with Crippen molar-refractivity contribution in [3.63, 3.8) is 0 Å². The fourth-order valence-electron chi connectivity index (χ4n) is 1.71. The summed E-state index contributed by atoms with van der Waals surface area (Å²) < 4.78 is 13.5. The first-order valence-electron chi connectivity index (χ1n) is 5.99. The van der Waals surface area contributed by atoms with Gasteiger partial charge in [0, 0.05) is 16.1 Å². The first-order valence-corrected chi connectivity index (χ1v) is 7.22. The van der Waals surface area contributed by atoms with Crippen LogP contribution in [0, 0.1) is 5.82 Å². The molecule has 4 nitrogen and oxygen atoms in total. The van der Waals surface area contributed by atoms with Crippen LogP contribution in [0.2, 0.25) is 0 Å². The zero-order valence-electron chi connectivity index (χ0n) is 11.1. The molecule has 0 bridgehead atoms. The van der Waals surface area contributed by atoms with Crippen molar-refractivity contribution < 1.29 is 19.1 Å². The van der Waals surface area contributed by atoms with Crippen LogP contribution >= 0.6 is 11.8 Å². The van der Waals surface area contributed by atoms with Crippen LogP contribution in [0.3, 0.4) is 0 Å². The quantitative estimate of drug-likeness (QED) is 0.848. The standard InChI is InChI=1S/C15H12FNO3S/c1-21-11-5-2-9(3-6-11)14(18)17-10-4-7-12(15(19)20)13(16)8-10/h2-8H,1H3,(H,17,18)(H,19,20). The monoisotopic (exact) mass is 305 g/mol. The van der Waals surface area contributed by atoms with Crippen LogP contribution in [-0.4, -0.2) is 23.2 Å². The van der Waals surface area contributed by atoms with Gasteiger partial charge >= 0.3 is 5.97 Å². The molecule has 6 heteroatoms. The number of carboxylic acid groups (broad SMARTS) is 1. The Hall–Kier alpha value is -2.34. The third-order valence-corrected chi connectivity index (χ3v) is 3.55. The van der Waals surface area contributed by atoms with Gasteiger partial charge in [0.1, 0.15) is 5.82 Å². The Kier molecular flexibility index (Phi) is 4.59. The summed E-state index contributed by atoms with van der Waals surface area (Å²) in [6.07, 6.45) is 1.93. The van der Waals surface area contributed by atoms with Gasteiger partial charge in [-0.15, -0.1) is 11.8 Å². The van der Waals surface area contributed by atoms with Gasteiger partial charge < -0.3 is 10.4 Å². The number of halogens is 1. The summed E-state index contributed by atoms with van der Waals surface area (Å²) in [7, 11) is 0. The first kappa shape index (κ1) is 15.1. The molecule has 2 aromatic rings. The van der Waals surface area contributed by atoms with Crippen LogP contribution in [0.25, 0.3) is 0 Å². The minimum absolute atomic E-state index is 0.205. The lowest BCUT2D eigenvalue weighted by atomic mass is 10.1. The topological polar surface area (TPSA) is 66.4 Å². The third-order valence-electron chi connectivity index (χ3n) is 2.81. The largest absolute Gasteiger partial charge is 0.478 e. The van der Waals surface area contributed by atoms with Crippen LogP contribution in [0.15, 0.2) is 47.4 Å². The number of aromatic carboxylic acids is 1. The van der Waals surface area contributed by atoms with Gasteiger partial charge in [0.25, 0.3) is 5.91 Å². The summed E-state index contributed by atoms with van der Waals surface area (Å²) in [4.78, 5) is 23.7. The van der Waals surface area contributed by atoms with Gasteiger partial charge in [0.05, 0.1) is 5.56 Å². The van der Waals surface area contributed by atoms with Crippen molar-refractivity contribution in [1.82, 2.24) is 0 Å². The minimum atomic E-state index is -1.35. The Morgan fingerprint density at radius 3 is 2.33 bits per heavy atom. The van der Waals surface area contributed by atoms with Gasteiger partial charge in [-0.2, -0.15) is 0 Å². The van der Waals surface area contributed by atoms with E-state index in [1.807, 2.05) is 18.4 Å². The van der Waals surface area contributed by atoms with Gasteiger partial charge in [0.15, 0.2) is 0 Å². The molecule has 0 unspecified atom stereocenters. The van der Waals surface area contributed by atoms with Crippen LogP contribution in [0.4, 0.5) is 10.1 Å². The van der Waals surface area contributed by atoms with Crippen molar-refractivity contribution in [2.75, 3.05) is 11.6 Å². The van der Waals surface area contributed by atoms with Crippen LogP contribution in [0.1, 0.15) is 20.7 Å². The van der Waals surface area contributed by atoms with E-state index in [2.05, 4.69) is 5.32 Å². The van der Waals surface area contributed by atoms with Crippen molar-refractivity contribution >= 4 is 29.3 Å². The fraction of sp³-hybridized carbons (Fsp3) is 0.0667. The van der Waals surface area contributed by atoms with Gasteiger partial charge in [0.2, 0.25) is 0 Å². The van der Waals surface area contributed by atoms with Gasteiger partial charge in [-0.05, 0) is 48.7 Å². The van der Waals surface area contributed by atoms with Gasteiger partial charge in [-0.25, -0.2) is 9.18 Å². The SMILES string of the molecule is CSc1ccc(C(=O)Nc2ccc(C(=O)O)c(F)c2)cc1. The lowest BCUT2D eigenvalue weighted by Gasteiger charge is -2.07. The van der Waals surface area contributed by atoms with E-state index < -0.39 is 17.3 Å². The number of amides is 1. The highest BCUT2D eigenvalue weighted by molar-refractivity contribution is 7.98. The van der Waals surface area contributed by atoms with E-state index in [-0.39, 0.29) is 11.6 Å². The van der Waals surface area contributed by atoms with E-state index in [9.17, 15) is 14.0 Å². The number of hydrogen-bond donors (Lipinski definition) is 2. The molecule has 2 aromatic carbocycles. The smallest absolute Gasteiger partial charge is 0.338 e. The molecule has 0 aliphatic carbocycles. The molecule has 108 valence electrons. The zero-order valence-corrected chi connectivity index (χ0v) is 11.9. The average molecular weight is 305 g/mol. The molecule has 0 aliphatic heterocycles. The number of carbonyl (C=O) groups excluding carboxylic acids is 1. The summed E-state index contributed by atoms with van der Waals surface area (Å²) in [5, 5.41) is 11.3. The first-order chi connectivity index (χ1) is 10.0. The highest BCUT2D eigenvalue weighted by Crippen LogP contribution is 2.18. The highest BCUT2D eigenvalue weighted by atomic mass is 32.2. The maximum atomic E-state index is 13.5. The maximum Gasteiger partial charge on any atom is 0.338 e. The molecule has 21 heavy (non-hydrogen) atoms. The number of hydrogen-bond acceptors (Lipinski definition) is 3. The summed E-state index contributed by atoms with van der Waals surface area (Å²) in [5.74, 6) is -2.62. The zero-order chi connectivity index (χ0) is 15.4. The van der Waals surface area contributed by atoms with Gasteiger partial charge in [-0.1, -0.05) is 0 Å². The van der Waals surface area contributed by atoms with Gasteiger partial charge in [-0.3, -0.25) is 4.79 Å². The highest BCUT2D eigenvalue weighted by Gasteiger charge is 2.12. The van der Waals surface area contributed by atoms with E-state index >= 15 is 0 Å². The Morgan fingerprint density at radius 2 is 1.81 bits per heavy atom. The number of benzene rings is 2. The number of anilines is 1. The molecule has 0 aliphatic rings. The number of rotatable bonds is 4. The second kappa shape index (κ2) is 6.41. The van der Waals surface area contributed by atoms with E-state index in [0.29, 0.717) is 5.56 Å². The minimum Gasteiger partial charge on any atom is -0.478 e.